The predicted octanol–water partition coefficient (Wildman–Crippen LogP) is 0.690. The molecule has 0 saturated carbocycles. The Bertz CT molecular complexity index is 550. The maximum atomic E-state index is 13.7. The van der Waals surface area contributed by atoms with Crippen molar-refractivity contribution in [1.82, 2.24) is 5.32 Å². The van der Waals surface area contributed by atoms with E-state index >= 15 is 0 Å². The van der Waals surface area contributed by atoms with Crippen molar-refractivity contribution in [2.45, 2.75) is 19.4 Å². The summed E-state index contributed by atoms with van der Waals surface area (Å²) in [7, 11) is 0. The van der Waals surface area contributed by atoms with Crippen LogP contribution in [-0.4, -0.2) is 35.6 Å². The highest BCUT2D eigenvalue weighted by atomic mass is 19.1. The lowest BCUT2D eigenvalue weighted by atomic mass is 10.2. The van der Waals surface area contributed by atoms with E-state index in [-0.39, 0.29) is 12.2 Å². The molecular weight excluding hydrogens is 281 g/mol. The molecule has 0 radical (unpaired) electrons. The zero-order valence-corrected chi connectivity index (χ0v) is 11.4. The fourth-order valence-electron chi connectivity index (χ4n) is 1.72. The van der Waals surface area contributed by atoms with Gasteiger partial charge in [-0.3, -0.25) is 9.69 Å². The number of aliphatic carboxylic acids is 1. The van der Waals surface area contributed by atoms with E-state index in [0.29, 0.717) is 0 Å². The molecule has 0 aliphatic rings. The number of carbonyl (C=O) groups is 3. The molecule has 1 unspecified atom stereocenters. The Morgan fingerprint density at radius 2 is 2.00 bits per heavy atom. The quantitative estimate of drug-likeness (QED) is 0.717. The van der Waals surface area contributed by atoms with Gasteiger partial charge in [0.05, 0.1) is 12.1 Å². The van der Waals surface area contributed by atoms with Crippen LogP contribution in [0.5, 0.6) is 0 Å². The number of benzene rings is 1. The Balaban J connectivity index is 2.91. The molecule has 21 heavy (non-hydrogen) atoms. The van der Waals surface area contributed by atoms with Crippen molar-refractivity contribution in [1.29, 1.82) is 0 Å². The Kier molecular flexibility index (Phi) is 5.65. The molecule has 0 heterocycles. The molecule has 1 rings (SSSR count). The van der Waals surface area contributed by atoms with E-state index in [9.17, 15) is 18.8 Å². The van der Waals surface area contributed by atoms with Crippen LogP contribution in [0.3, 0.4) is 0 Å². The number of hydrogen-bond acceptors (Lipinski definition) is 3. The molecule has 0 aromatic heterocycles. The maximum Gasteiger partial charge on any atom is 0.326 e. The molecule has 1 atom stereocenters. The number of nitrogens with zero attached hydrogens (tertiary/aromatic N) is 1. The SMILES string of the molecule is CCN(C(=O)NC(CC(N)=O)C(=O)O)c1ccccc1F. The molecule has 0 fully saturated rings. The van der Waals surface area contributed by atoms with Crippen molar-refractivity contribution < 1.29 is 23.9 Å². The number of carboxylic acids is 1. The molecule has 3 amide bonds. The van der Waals surface area contributed by atoms with E-state index < -0.39 is 36.2 Å². The third-order valence-electron chi connectivity index (χ3n) is 2.71. The van der Waals surface area contributed by atoms with Crippen molar-refractivity contribution in [3.63, 3.8) is 0 Å². The van der Waals surface area contributed by atoms with Gasteiger partial charge in [0.15, 0.2) is 0 Å². The summed E-state index contributed by atoms with van der Waals surface area (Å²) in [5.74, 6) is -2.88. The van der Waals surface area contributed by atoms with E-state index in [4.69, 9.17) is 10.8 Å². The lowest BCUT2D eigenvalue weighted by molar-refractivity contribution is -0.140. The summed E-state index contributed by atoms with van der Waals surface area (Å²) in [6.45, 7) is 1.73. The average molecular weight is 297 g/mol. The molecule has 0 aliphatic carbocycles. The number of hydrogen-bond donors (Lipinski definition) is 3. The maximum absolute atomic E-state index is 13.7. The van der Waals surface area contributed by atoms with Gasteiger partial charge in [-0.25, -0.2) is 14.0 Å². The zero-order valence-electron chi connectivity index (χ0n) is 11.4. The van der Waals surface area contributed by atoms with Crippen LogP contribution in [0.1, 0.15) is 13.3 Å². The van der Waals surface area contributed by atoms with Gasteiger partial charge < -0.3 is 16.2 Å². The predicted molar refractivity (Wildman–Crippen MR) is 73.2 cm³/mol. The smallest absolute Gasteiger partial charge is 0.326 e. The van der Waals surface area contributed by atoms with Gasteiger partial charge in [0.25, 0.3) is 0 Å². The summed E-state index contributed by atoms with van der Waals surface area (Å²) in [5.41, 5.74) is 4.94. The number of anilines is 1. The van der Waals surface area contributed by atoms with Gasteiger partial charge in [0.1, 0.15) is 11.9 Å². The normalized spacial score (nSPS) is 11.5. The van der Waals surface area contributed by atoms with E-state index in [1.54, 1.807) is 13.0 Å². The van der Waals surface area contributed by atoms with Gasteiger partial charge in [-0.05, 0) is 19.1 Å². The van der Waals surface area contributed by atoms with Crippen LogP contribution in [0.4, 0.5) is 14.9 Å². The number of primary amides is 1. The first-order chi connectivity index (χ1) is 9.86. The lowest BCUT2D eigenvalue weighted by Crippen LogP contribution is -2.49. The van der Waals surface area contributed by atoms with E-state index in [1.165, 1.54) is 18.2 Å². The first-order valence-electron chi connectivity index (χ1n) is 6.20. The summed E-state index contributed by atoms with van der Waals surface area (Å²) in [6.07, 6.45) is -0.546. The number of rotatable bonds is 6. The highest BCUT2D eigenvalue weighted by Gasteiger charge is 2.25. The molecule has 0 saturated heterocycles. The Labute approximate surface area is 120 Å². The van der Waals surface area contributed by atoms with Crippen LogP contribution in [0, 0.1) is 5.82 Å². The number of para-hydroxylation sites is 1. The van der Waals surface area contributed by atoms with Gasteiger partial charge in [-0.2, -0.15) is 0 Å². The van der Waals surface area contributed by atoms with Crippen molar-refractivity contribution in [3.05, 3.63) is 30.1 Å². The molecule has 1 aromatic carbocycles. The fraction of sp³-hybridized carbons (Fsp3) is 0.308. The summed E-state index contributed by atoms with van der Waals surface area (Å²) in [6, 6.07) is 3.31. The number of urea groups is 1. The summed E-state index contributed by atoms with van der Waals surface area (Å²) in [5, 5.41) is 11.1. The van der Waals surface area contributed by atoms with Crippen molar-refractivity contribution in [2.24, 2.45) is 5.73 Å². The first-order valence-corrected chi connectivity index (χ1v) is 6.20. The lowest BCUT2D eigenvalue weighted by Gasteiger charge is -2.24. The van der Waals surface area contributed by atoms with Gasteiger partial charge in [-0.15, -0.1) is 0 Å². The fourth-order valence-corrected chi connectivity index (χ4v) is 1.72. The van der Waals surface area contributed by atoms with Crippen LogP contribution in [-0.2, 0) is 9.59 Å². The molecule has 8 heteroatoms. The standard InChI is InChI=1S/C13H16FN3O4/c1-2-17(10-6-4-3-5-8(10)14)13(21)16-9(12(19)20)7-11(15)18/h3-6,9H,2,7H2,1H3,(H2,15,18)(H,16,21)(H,19,20). The van der Waals surface area contributed by atoms with Crippen molar-refractivity contribution in [2.75, 3.05) is 11.4 Å². The van der Waals surface area contributed by atoms with Gasteiger partial charge in [0.2, 0.25) is 5.91 Å². The second-order valence-electron chi connectivity index (χ2n) is 4.21. The molecule has 0 aliphatic heterocycles. The van der Waals surface area contributed by atoms with Crippen LogP contribution in [0.2, 0.25) is 0 Å². The summed E-state index contributed by atoms with van der Waals surface area (Å²) >= 11 is 0. The second kappa shape index (κ2) is 7.22. The van der Waals surface area contributed by atoms with Crippen LogP contribution in [0.15, 0.2) is 24.3 Å². The van der Waals surface area contributed by atoms with Crippen molar-refractivity contribution >= 4 is 23.6 Å². The molecule has 4 N–H and O–H groups in total. The number of nitrogens with one attached hydrogen (secondary N) is 1. The molecular formula is C13H16FN3O4. The topological polar surface area (TPSA) is 113 Å². The minimum Gasteiger partial charge on any atom is -0.480 e. The summed E-state index contributed by atoms with van der Waals surface area (Å²) in [4.78, 5) is 34.9. The number of carbonyl (C=O) groups excluding carboxylic acids is 2. The number of amides is 3. The highest BCUT2D eigenvalue weighted by Crippen LogP contribution is 2.18. The molecule has 114 valence electrons. The van der Waals surface area contributed by atoms with Gasteiger partial charge >= 0.3 is 12.0 Å². The van der Waals surface area contributed by atoms with Crippen LogP contribution < -0.4 is 16.0 Å². The van der Waals surface area contributed by atoms with E-state index in [2.05, 4.69) is 5.32 Å². The highest BCUT2D eigenvalue weighted by molar-refractivity contribution is 5.95. The zero-order chi connectivity index (χ0) is 16.0. The largest absolute Gasteiger partial charge is 0.480 e. The Hall–Kier alpha value is -2.64. The molecule has 7 nitrogen and oxygen atoms in total. The second-order valence-corrected chi connectivity index (χ2v) is 4.21. The van der Waals surface area contributed by atoms with E-state index in [1.807, 2.05) is 0 Å². The summed E-state index contributed by atoms with van der Waals surface area (Å²) < 4.78 is 13.7. The first kappa shape index (κ1) is 16.4. The molecule has 1 aromatic rings. The Morgan fingerprint density at radius 3 is 2.48 bits per heavy atom. The number of carboxylic acid groups (broad SMARTS) is 1. The Morgan fingerprint density at radius 1 is 1.38 bits per heavy atom. The molecule has 0 spiro atoms. The molecule has 0 bridgehead atoms. The van der Waals surface area contributed by atoms with Gasteiger partial charge in [0, 0.05) is 6.54 Å². The van der Waals surface area contributed by atoms with E-state index in [0.717, 1.165) is 4.90 Å². The van der Waals surface area contributed by atoms with Gasteiger partial charge in [-0.1, -0.05) is 12.1 Å². The average Bonchev–Trinajstić information content (AvgIpc) is 2.40. The monoisotopic (exact) mass is 297 g/mol. The minimum atomic E-state index is -1.46. The van der Waals surface area contributed by atoms with Crippen LogP contribution in [0.25, 0.3) is 0 Å². The number of halogens is 1. The number of nitrogens with two attached hydrogens (primary N) is 1. The minimum absolute atomic E-state index is 0.0145. The van der Waals surface area contributed by atoms with Crippen LogP contribution >= 0.6 is 0 Å². The van der Waals surface area contributed by atoms with Crippen molar-refractivity contribution in [3.8, 4) is 0 Å². The third kappa shape index (κ3) is 4.44. The third-order valence-corrected chi connectivity index (χ3v) is 2.71.